The molecule has 3 aromatic rings. The van der Waals surface area contributed by atoms with Gasteiger partial charge in [-0.3, -0.25) is 39.0 Å². The minimum atomic E-state index is -2.00. The molecule has 14 atom stereocenters. The van der Waals surface area contributed by atoms with Gasteiger partial charge in [-0.05, 0) is 85.1 Å². The number of hydrogen-bond acceptors (Lipinski definition) is 20. The molecule has 2 aromatic carbocycles. The summed E-state index contributed by atoms with van der Waals surface area (Å²) in [5.41, 5.74) is -0.561. The molecule has 430 valence electrons. The number of Topliss-reactive ketones (excluding diaryl/α,β-unsaturated/α-hetero) is 1. The normalized spacial score (nSPS) is 32.7. The van der Waals surface area contributed by atoms with Gasteiger partial charge in [0, 0.05) is 73.1 Å². The van der Waals surface area contributed by atoms with Gasteiger partial charge >= 0.3 is 12.1 Å². The van der Waals surface area contributed by atoms with Crippen molar-refractivity contribution in [2.24, 2.45) is 28.6 Å². The summed E-state index contributed by atoms with van der Waals surface area (Å²) in [6.07, 6.45) is -2.19. The Kier molecular flexibility index (Phi) is 16.0. The maximum Gasteiger partial charge on any atom is 0.411 e. The molecule has 3 aliphatic heterocycles. The van der Waals surface area contributed by atoms with Crippen LogP contribution in [0.25, 0.3) is 0 Å². The van der Waals surface area contributed by atoms with Gasteiger partial charge in [0.1, 0.15) is 37.3 Å². The van der Waals surface area contributed by atoms with Gasteiger partial charge in [0.15, 0.2) is 29.6 Å². The second-order valence-electron chi connectivity index (χ2n) is 21.8. The summed E-state index contributed by atoms with van der Waals surface area (Å²) in [4.78, 5) is 107. The zero-order valence-electron chi connectivity index (χ0n) is 43.9. The summed E-state index contributed by atoms with van der Waals surface area (Å²) in [6.45, 7) is 2.57. The molecule has 3 saturated carbocycles. The fourth-order valence-corrected chi connectivity index (χ4v) is 14.1. The Hall–Kier alpha value is -7.07. The molecule has 1 aromatic heterocycles. The molecule has 4 aliphatic carbocycles. The van der Waals surface area contributed by atoms with Gasteiger partial charge in [0.05, 0.1) is 27.8 Å². The lowest BCUT2D eigenvalue weighted by Gasteiger charge is -2.59. The number of carboxylic acid groups (broad SMARTS) is 1. The molecule has 4 heterocycles. The van der Waals surface area contributed by atoms with Gasteiger partial charge in [-0.25, -0.2) is 14.6 Å². The number of aliphatic hydroxyl groups excluding tert-OH is 5. The fourth-order valence-electron chi connectivity index (χ4n) is 13.2. The van der Waals surface area contributed by atoms with Gasteiger partial charge in [-0.15, -0.1) is 11.3 Å². The smallest absolute Gasteiger partial charge is 0.411 e. The Morgan fingerprint density at radius 3 is 2.43 bits per heavy atom. The minimum Gasteiger partial charge on any atom is -0.479 e. The number of imide groups is 1. The van der Waals surface area contributed by atoms with Gasteiger partial charge in [-0.2, -0.15) is 0 Å². The van der Waals surface area contributed by atoms with Crippen LogP contribution >= 0.6 is 11.3 Å². The van der Waals surface area contributed by atoms with Gasteiger partial charge in [-0.1, -0.05) is 43.7 Å². The van der Waals surface area contributed by atoms with E-state index in [0.717, 1.165) is 34.6 Å². The largest absolute Gasteiger partial charge is 0.479 e. The molecule has 5 fully saturated rings. The number of carbonyl (C=O) groups is 8. The topological polar surface area (TPSA) is 356 Å². The van der Waals surface area contributed by atoms with Crippen molar-refractivity contribution in [2.75, 3.05) is 30.3 Å². The maximum atomic E-state index is 14.1. The number of ketones is 2. The summed E-state index contributed by atoms with van der Waals surface area (Å²) in [5.74, 6) is -4.98. The van der Waals surface area contributed by atoms with E-state index in [2.05, 4.69) is 27.9 Å². The molecule has 81 heavy (non-hydrogen) atoms. The van der Waals surface area contributed by atoms with Crippen molar-refractivity contribution in [2.45, 2.75) is 120 Å². The predicted octanol–water partition coefficient (Wildman–Crippen LogP) is 2.12. The number of fused-ring (bicyclic) bond motifs is 7. The Labute approximate surface area is 466 Å². The van der Waals surface area contributed by atoms with Crippen LogP contribution in [0.5, 0.6) is 5.75 Å². The number of nitrogens with zero attached hydrogens (tertiary/aromatic N) is 2. The molecule has 25 heteroatoms. The van der Waals surface area contributed by atoms with E-state index in [-0.39, 0.29) is 73.9 Å². The molecule has 0 radical (unpaired) electrons. The number of anilines is 2. The van der Waals surface area contributed by atoms with Crippen LogP contribution in [0.2, 0.25) is 0 Å². The van der Waals surface area contributed by atoms with Gasteiger partial charge in [0.25, 0.3) is 11.8 Å². The summed E-state index contributed by atoms with van der Waals surface area (Å²) < 4.78 is 29.9. The predicted molar refractivity (Wildman–Crippen MR) is 280 cm³/mol. The molecule has 0 bridgehead atoms. The molecule has 9 N–H and O–H groups in total. The summed E-state index contributed by atoms with van der Waals surface area (Å²) in [5, 5.41) is 71.6. The van der Waals surface area contributed by atoms with E-state index in [4.69, 9.17) is 23.7 Å². The number of thiazole rings is 1. The van der Waals surface area contributed by atoms with Crippen LogP contribution in [-0.4, -0.2) is 156 Å². The van der Waals surface area contributed by atoms with Crippen molar-refractivity contribution >= 4 is 70.0 Å². The number of allylic oxidation sites excluding steroid dienone is 4. The number of aromatic nitrogens is 1. The first-order valence-corrected chi connectivity index (χ1v) is 27.3. The number of aliphatic carboxylic acids is 1. The van der Waals surface area contributed by atoms with Crippen LogP contribution in [0.4, 0.5) is 16.2 Å². The number of nitrogens with one attached hydrogen (secondary N) is 3. The first-order valence-electron chi connectivity index (χ1n) is 26.5. The van der Waals surface area contributed by atoms with Gasteiger partial charge < -0.3 is 65.0 Å². The van der Waals surface area contributed by atoms with Crippen molar-refractivity contribution in [1.82, 2.24) is 15.2 Å². The van der Waals surface area contributed by atoms with E-state index in [1.54, 1.807) is 36.5 Å². The van der Waals surface area contributed by atoms with Crippen LogP contribution in [0.15, 0.2) is 84.6 Å². The SMILES string of the molecule is C[C@]12C=CC(=O)C=C1CC[C@@H]1[C@@H]2[C@@H](O)C[C@@]2(C)[C@H]1C[C@H]1O[C@@H](c3cnc(Cc4cccc(NC(=O)OCc5ccc(O[C@@H]6O[C@H](C(=O)O)[C@@H](O)[C@H](O)[C@H]6O)c(NC(=O)CCNC(=O)CCN6C(=O)C=CC6=O)c5)c4)s3)O[C@]12C(=O)CO. The van der Waals surface area contributed by atoms with Crippen LogP contribution < -0.4 is 20.7 Å². The highest BCUT2D eigenvalue weighted by Gasteiger charge is 2.76. The Balaban J connectivity index is 0.763. The quantitative estimate of drug-likeness (QED) is 0.0824. The molecule has 0 unspecified atom stereocenters. The number of aliphatic hydroxyl groups is 5. The Morgan fingerprint density at radius 1 is 0.901 bits per heavy atom. The first kappa shape index (κ1) is 57.2. The Morgan fingerprint density at radius 2 is 1.68 bits per heavy atom. The first-order chi connectivity index (χ1) is 38.6. The number of rotatable bonds is 18. The fraction of sp³-hybridized carbons (Fsp3) is 0.482. The van der Waals surface area contributed by atoms with Crippen molar-refractivity contribution in [3.8, 4) is 5.75 Å². The second-order valence-corrected chi connectivity index (χ2v) is 23.0. The molecule has 2 saturated heterocycles. The van der Waals surface area contributed by atoms with Crippen molar-refractivity contribution in [1.29, 1.82) is 0 Å². The third-order valence-electron chi connectivity index (χ3n) is 17.0. The molecule has 5 amide bonds. The highest BCUT2D eigenvalue weighted by Crippen LogP contribution is 2.70. The zero-order chi connectivity index (χ0) is 57.7. The minimum absolute atomic E-state index is 0.00533. The molecule has 10 rings (SSSR count). The highest BCUT2D eigenvalue weighted by molar-refractivity contribution is 7.11. The Bertz CT molecular complexity index is 3130. The lowest BCUT2D eigenvalue weighted by Crippen LogP contribution is -2.63. The zero-order valence-corrected chi connectivity index (χ0v) is 44.7. The number of amides is 5. The number of carbonyl (C=O) groups excluding carboxylic acids is 7. The number of hydrogen-bond donors (Lipinski definition) is 9. The van der Waals surface area contributed by atoms with Crippen LogP contribution in [0.1, 0.15) is 79.7 Å². The number of carboxylic acids is 1. The van der Waals surface area contributed by atoms with Crippen LogP contribution in [0.3, 0.4) is 0 Å². The average molecular weight is 1140 g/mol. The third-order valence-corrected chi connectivity index (χ3v) is 18.0. The molecular weight excluding hydrogens is 1080 g/mol. The molecule has 24 nitrogen and oxygen atoms in total. The van der Waals surface area contributed by atoms with E-state index >= 15 is 0 Å². The summed E-state index contributed by atoms with van der Waals surface area (Å²) in [6, 6.07) is 11.0. The van der Waals surface area contributed by atoms with Crippen LogP contribution in [-0.2, 0) is 65.5 Å². The lowest BCUT2D eigenvalue weighted by atomic mass is 9.46. The molecular formula is C56H61N5O19S. The van der Waals surface area contributed by atoms with Crippen molar-refractivity contribution < 1.29 is 92.7 Å². The lowest BCUT2D eigenvalue weighted by molar-refractivity contribution is -0.271. The van der Waals surface area contributed by atoms with Crippen LogP contribution in [0, 0.1) is 28.6 Å². The number of benzene rings is 2. The van der Waals surface area contributed by atoms with Crippen molar-refractivity contribution in [3.05, 3.63) is 106 Å². The average Bonchev–Trinajstić information content (AvgIpc) is 3.90. The van der Waals surface area contributed by atoms with E-state index in [9.17, 15) is 69.0 Å². The molecule has 0 spiro atoms. The molecule has 7 aliphatic rings. The summed E-state index contributed by atoms with van der Waals surface area (Å²) >= 11 is 1.32. The van der Waals surface area contributed by atoms with Gasteiger partial charge in [0.2, 0.25) is 18.1 Å². The second kappa shape index (κ2) is 22.7. The summed E-state index contributed by atoms with van der Waals surface area (Å²) in [7, 11) is 0. The van der Waals surface area contributed by atoms with Crippen molar-refractivity contribution in [3.63, 3.8) is 0 Å². The standard InChI is InChI=1S/C56H61N5O19S/c1-54-15-12-31(63)21-29(54)7-8-32-33-22-39-56(38(65)25-62,55(33,2)23-35(64)45(32)54)80-51(78-39)37-24-58-42(81-37)20-27-4-3-5-30(18-27)59-53(75)76-26-28-6-9-36(77-52-48(72)46(70)47(71)49(79-52)50(73)74)34(19-28)60-41(67)13-16-57-40(66)14-17-61-43(68)10-11-44(61)69/h3-6,9-12,15,18-19,21,24,32-33,35,39,45-49,51-52,62,64,70-72H,7-8,13-14,16-17,20,22-23,25-26H2,1-2H3,(H,57,66)(H,59,75)(H,60,67)(H,73,74)/t32-,33-,35-,39+,45+,46-,47-,48+,49-,51+,52+,54-,55-,56+/m0/s1. The highest BCUT2D eigenvalue weighted by atomic mass is 32.1. The number of ether oxygens (including phenoxy) is 5. The van der Waals surface area contributed by atoms with E-state index in [1.165, 1.54) is 29.5 Å². The van der Waals surface area contributed by atoms with E-state index in [1.807, 2.05) is 19.1 Å². The third kappa shape index (κ3) is 10.8. The van der Waals surface area contributed by atoms with E-state index in [0.29, 0.717) is 40.4 Å². The monoisotopic (exact) mass is 1140 g/mol. The van der Waals surface area contributed by atoms with E-state index < -0.39 is 114 Å². The maximum absolute atomic E-state index is 14.1.